The molecule has 0 saturated carbocycles. The average Bonchev–Trinajstić information content (AvgIpc) is 2.15. The van der Waals surface area contributed by atoms with Gasteiger partial charge in [-0.25, -0.2) is 4.39 Å². The quantitative estimate of drug-likeness (QED) is 0.749. The summed E-state index contributed by atoms with van der Waals surface area (Å²) in [5.74, 6) is 0.310. The van der Waals surface area contributed by atoms with Crippen LogP contribution in [0.15, 0.2) is 30.9 Å². The first-order valence-electron chi connectivity index (χ1n) is 4.44. The summed E-state index contributed by atoms with van der Waals surface area (Å²) in [5, 5.41) is 0. The van der Waals surface area contributed by atoms with Crippen molar-refractivity contribution in [2.45, 2.75) is 13.0 Å². The smallest absolute Gasteiger partial charge is 0.124 e. The van der Waals surface area contributed by atoms with Crippen LogP contribution in [0.2, 0.25) is 0 Å². The molecule has 0 heterocycles. The second-order valence-corrected chi connectivity index (χ2v) is 3.07. The third-order valence-corrected chi connectivity index (χ3v) is 1.82. The molecule has 1 rings (SSSR count). The molecule has 1 aromatic rings. The molecule has 0 aliphatic carbocycles. The van der Waals surface area contributed by atoms with Crippen LogP contribution in [0.1, 0.15) is 18.5 Å². The highest BCUT2D eigenvalue weighted by molar-refractivity contribution is 5.36. The molecule has 1 aromatic carbocycles. The lowest BCUT2D eigenvalue weighted by molar-refractivity contribution is 0.356. The van der Waals surface area contributed by atoms with Gasteiger partial charge in [-0.3, -0.25) is 0 Å². The highest BCUT2D eigenvalue weighted by Gasteiger charge is 2.08. The number of rotatable bonds is 4. The predicted molar refractivity (Wildman–Crippen MR) is 54.7 cm³/mol. The average molecular weight is 195 g/mol. The molecule has 1 unspecified atom stereocenters. The Bertz CT molecular complexity index is 323. The lowest BCUT2D eigenvalue weighted by Crippen LogP contribution is -2.08. The lowest BCUT2D eigenvalue weighted by Gasteiger charge is -2.12. The monoisotopic (exact) mass is 195 g/mol. The van der Waals surface area contributed by atoms with Gasteiger partial charge in [0, 0.05) is 11.6 Å². The van der Waals surface area contributed by atoms with Crippen molar-refractivity contribution in [1.82, 2.24) is 0 Å². The van der Waals surface area contributed by atoms with Gasteiger partial charge in [-0.2, -0.15) is 0 Å². The Morgan fingerprint density at radius 1 is 1.64 bits per heavy atom. The Hall–Kier alpha value is -1.35. The third-order valence-electron chi connectivity index (χ3n) is 1.82. The van der Waals surface area contributed by atoms with E-state index in [2.05, 4.69) is 6.58 Å². The van der Waals surface area contributed by atoms with E-state index in [1.807, 2.05) is 0 Å². The normalized spacial score (nSPS) is 12.2. The van der Waals surface area contributed by atoms with Crippen LogP contribution in [0.25, 0.3) is 0 Å². The molecule has 0 aliphatic heterocycles. The van der Waals surface area contributed by atoms with Crippen molar-refractivity contribution in [2.75, 3.05) is 6.61 Å². The number of hydrogen-bond donors (Lipinski definition) is 1. The van der Waals surface area contributed by atoms with Crippen molar-refractivity contribution in [2.24, 2.45) is 5.73 Å². The molecule has 0 radical (unpaired) electrons. The Balaban J connectivity index is 2.95. The van der Waals surface area contributed by atoms with Gasteiger partial charge in [-0.1, -0.05) is 12.7 Å². The van der Waals surface area contributed by atoms with Crippen LogP contribution in [-0.4, -0.2) is 6.61 Å². The second kappa shape index (κ2) is 4.77. The number of halogens is 1. The molecule has 0 amide bonds. The molecule has 2 nitrogen and oxygen atoms in total. The Labute approximate surface area is 83.2 Å². The van der Waals surface area contributed by atoms with Gasteiger partial charge in [0.15, 0.2) is 0 Å². The van der Waals surface area contributed by atoms with Crippen LogP contribution in [0.4, 0.5) is 4.39 Å². The molecule has 3 heteroatoms. The van der Waals surface area contributed by atoms with E-state index in [1.165, 1.54) is 12.1 Å². The van der Waals surface area contributed by atoms with Gasteiger partial charge >= 0.3 is 0 Å². The number of ether oxygens (including phenoxy) is 1. The van der Waals surface area contributed by atoms with Crippen molar-refractivity contribution >= 4 is 0 Å². The molecule has 2 N–H and O–H groups in total. The van der Waals surface area contributed by atoms with Crippen LogP contribution >= 0.6 is 0 Å². The molecule has 0 aromatic heterocycles. The molecule has 76 valence electrons. The molecule has 0 fully saturated rings. The van der Waals surface area contributed by atoms with Crippen molar-refractivity contribution in [3.05, 3.63) is 42.2 Å². The summed E-state index contributed by atoms with van der Waals surface area (Å²) < 4.78 is 18.2. The van der Waals surface area contributed by atoms with Gasteiger partial charge in [0.1, 0.15) is 18.2 Å². The predicted octanol–water partition coefficient (Wildman–Crippen LogP) is 2.41. The first-order chi connectivity index (χ1) is 6.65. The summed E-state index contributed by atoms with van der Waals surface area (Å²) in [6, 6.07) is 4.08. The molecule has 0 bridgehead atoms. The zero-order valence-corrected chi connectivity index (χ0v) is 8.16. The van der Waals surface area contributed by atoms with E-state index in [-0.39, 0.29) is 11.9 Å². The molecule has 14 heavy (non-hydrogen) atoms. The van der Waals surface area contributed by atoms with Crippen molar-refractivity contribution in [3.8, 4) is 5.75 Å². The summed E-state index contributed by atoms with van der Waals surface area (Å²) in [4.78, 5) is 0. The molecule has 0 spiro atoms. The van der Waals surface area contributed by atoms with Crippen molar-refractivity contribution < 1.29 is 9.13 Å². The summed E-state index contributed by atoms with van der Waals surface area (Å²) in [7, 11) is 0. The number of nitrogens with two attached hydrogens (primary N) is 1. The van der Waals surface area contributed by atoms with E-state index < -0.39 is 0 Å². The fourth-order valence-electron chi connectivity index (χ4n) is 1.16. The van der Waals surface area contributed by atoms with E-state index in [4.69, 9.17) is 10.5 Å². The third kappa shape index (κ3) is 2.57. The largest absolute Gasteiger partial charge is 0.489 e. The topological polar surface area (TPSA) is 35.2 Å². The zero-order chi connectivity index (χ0) is 10.6. The molecule has 0 saturated heterocycles. The van der Waals surface area contributed by atoms with Gasteiger partial charge in [0.25, 0.3) is 0 Å². The molecular formula is C11H14FNO. The highest BCUT2D eigenvalue weighted by Crippen LogP contribution is 2.24. The van der Waals surface area contributed by atoms with E-state index in [0.717, 1.165) is 0 Å². The van der Waals surface area contributed by atoms with E-state index in [1.54, 1.807) is 19.1 Å². The summed E-state index contributed by atoms with van der Waals surface area (Å²) in [5.41, 5.74) is 6.36. The maximum atomic E-state index is 12.9. The maximum Gasteiger partial charge on any atom is 0.124 e. The Morgan fingerprint density at radius 2 is 2.36 bits per heavy atom. The van der Waals surface area contributed by atoms with Gasteiger partial charge in [0.05, 0.1) is 0 Å². The summed E-state index contributed by atoms with van der Waals surface area (Å²) >= 11 is 0. The van der Waals surface area contributed by atoms with E-state index in [0.29, 0.717) is 17.9 Å². The fraction of sp³-hybridized carbons (Fsp3) is 0.273. The van der Waals surface area contributed by atoms with Crippen molar-refractivity contribution in [3.63, 3.8) is 0 Å². The minimum Gasteiger partial charge on any atom is -0.489 e. The summed E-state index contributed by atoms with van der Waals surface area (Å²) in [6.45, 7) is 5.72. The van der Waals surface area contributed by atoms with Gasteiger partial charge < -0.3 is 10.5 Å². The number of hydrogen-bond acceptors (Lipinski definition) is 2. The van der Waals surface area contributed by atoms with Crippen LogP contribution in [-0.2, 0) is 0 Å². The lowest BCUT2D eigenvalue weighted by atomic mass is 10.1. The van der Waals surface area contributed by atoms with E-state index in [9.17, 15) is 4.39 Å². The van der Waals surface area contributed by atoms with Gasteiger partial charge in [0.2, 0.25) is 0 Å². The maximum absolute atomic E-state index is 12.9. The Morgan fingerprint density at radius 3 is 2.93 bits per heavy atom. The fourth-order valence-corrected chi connectivity index (χ4v) is 1.16. The second-order valence-electron chi connectivity index (χ2n) is 3.07. The van der Waals surface area contributed by atoms with E-state index >= 15 is 0 Å². The van der Waals surface area contributed by atoms with Crippen LogP contribution in [0, 0.1) is 5.82 Å². The first kappa shape index (κ1) is 10.7. The minimum absolute atomic E-state index is 0.245. The van der Waals surface area contributed by atoms with Gasteiger partial charge in [-0.15, -0.1) is 0 Å². The van der Waals surface area contributed by atoms with Crippen molar-refractivity contribution in [1.29, 1.82) is 0 Å². The van der Waals surface area contributed by atoms with Crippen LogP contribution in [0.3, 0.4) is 0 Å². The number of benzene rings is 1. The van der Waals surface area contributed by atoms with Gasteiger partial charge in [-0.05, 0) is 25.1 Å². The first-order valence-corrected chi connectivity index (χ1v) is 4.44. The standard InChI is InChI=1S/C11H14FNO/c1-3-6-14-11-5-4-9(12)7-10(11)8(2)13/h3-5,7-8H,1,6,13H2,2H3. The van der Waals surface area contributed by atoms with Crippen LogP contribution in [0.5, 0.6) is 5.75 Å². The Kier molecular flexibility index (Phi) is 3.65. The SMILES string of the molecule is C=CCOc1ccc(F)cc1C(C)N. The summed E-state index contributed by atoms with van der Waals surface area (Å²) in [6.07, 6.45) is 1.63. The molecular weight excluding hydrogens is 181 g/mol. The zero-order valence-electron chi connectivity index (χ0n) is 8.16. The minimum atomic E-state index is -0.303. The highest BCUT2D eigenvalue weighted by atomic mass is 19.1. The van der Waals surface area contributed by atoms with Crippen LogP contribution < -0.4 is 10.5 Å². The molecule has 0 aliphatic rings. The molecule has 1 atom stereocenters.